The molecule has 11 heteroatoms. The number of primary amides is 1. The van der Waals surface area contributed by atoms with Crippen LogP contribution in [0.25, 0.3) is 22.2 Å². The molecule has 1 fully saturated rings. The van der Waals surface area contributed by atoms with Gasteiger partial charge < -0.3 is 25.3 Å². The fourth-order valence-corrected chi connectivity index (χ4v) is 5.25. The number of fused-ring (bicyclic) bond motifs is 2. The number of aryl methyl sites for hydroxylation is 1. The smallest absolute Gasteiger partial charge is 0.251 e. The number of nitrogens with one attached hydrogen (secondary N) is 1. The maximum absolute atomic E-state index is 14.1. The molecule has 0 saturated heterocycles. The average Bonchev–Trinajstić information content (AvgIpc) is 3.65. The summed E-state index contributed by atoms with van der Waals surface area (Å²) >= 11 is 0. The lowest BCUT2D eigenvalue weighted by Crippen LogP contribution is -2.40. The van der Waals surface area contributed by atoms with E-state index in [2.05, 4.69) is 10.4 Å². The maximum Gasteiger partial charge on any atom is 0.251 e. The van der Waals surface area contributed by atoms with Crippen LogP contribution in [0.4, 0.5) is 4.39 Å². The zero-order valence-electron chi connectivity index (χ0n) is 23.4. The Morgan fingerprint density at radius 2 is 2.07 bits per heavy atom. The number of benzene rings is 2. The number of aromatic nitrogens is 3. The van der Waals surface area contributed by atoms with Crippen molar-refractivity contribution in [3.63, 3.8) is 0 Å². The van der Waals surface area contributed by atoms with E-state index in [1.807, 2.05) is 10.9 Å². The van der Waals surface area contributed by atoms with Gasteiger partial charge in [-0.05, 0) is 68.7 Å². The molecule has 2 aromatic carbocycles. The van der Waals surface area contributed by atoms with Crippen molar-refractivity contribution in [3.05, 3.63) is 70.8 Å². The molecule has 10 nitrogen and oxygen atoms in total. The predicted molar refractivity (Wildman–Crippen MR) is 152 cm³/mol. The van der Waals surface area contributed by atoms with E-state index in [9.17, 15) is 18.8 Å². The third-order valence-corrected chi connectivity index (χ3v) is 8.09. The summed E-state index contributed by atoms with van der Waals surface area (Å²) < 4.78 is 27.4. The summed E-state index contributed by atoms with van der Waals surface area (Å²) in [5.41, 5.74) is 7.75. The Balaban J connectivity index is 1.32. The molecule has 0 radical (unpaired) electrons. The Kier molecular flexibility index (Phi) is 6.67. The standard InChI is InChI=1S/C31H30FN5O5/c1-16-8-17(4-7-23(16)32)27-28-22(31(2,15-42-28)30(33)40)11-24(35-27)20(14-38)12-34-29(39)18-9-19-13-37(21-5-6-21)36-26(19)25(10-18)41-3/h4,7-11,13-14,20-21H,5-6,12,15H2,1-3H3,(H2,33,40)(H,34,39)/t20-,31-/m0/s1. The van der Waals surface area contributed by atoms with Crippen molar-refractivity contribution in [1.82, 2.24) is 20.1 Å². The van der Waals surface area contributed by atoms with E-state index in [0.717, 1.165) is 18.2 Å². The first-order valence-electron chi connectivity index (χ1n) is 13.7. The molecule has 0 unspecified atom stereocenters. The number of nitrogens with two attached hydrogens (primary N) is 1. The van der Waals surface area contributed by atoms with Gasteiger partial charge in [-0.1, -0.05) is 0 Å². The highest BCUT2D eigenvalue weighted by Gasteiger charge is 2.44. The Labute approximate surface area is 241 Å². The van der Waals surface area contributed by atoms with Gasteiger partial charge in [0.25, 0.3) is 5.91 Å². The van der Waals surface area contributed by atoms with Gasteiger partial charge in [0.05, 0.1) is 24.8 Å². The summed E-state index contributed by atoms with van der Waals surface area (Å²) in [5, 5.41) is 8.22. The van der Waals surface area contributed by atoms with Crippen LogP contribution in [0.2, 0.25) is 0 Å². The molecule has 2 aromatic heterocycles. The number of ether oxygens (including phenoxy) is 2. The van der Waals surface area contributed by atoms with Gasteiger partial charge in [-0.3, -0.25) is 14.3 Å². The van der Waals surface area contributed by atoms with E-state index in [4.69, 9.17) is 20.2 Å². The predicted octanol–water partition coefficient (Wildman–Crippen LogP) is 3.74. The first-order valence-corrected chi connectivity index (χ1v) is 13.7. The van der Waals surface area contributed by atoms with Gasteiger partial charge in [0.2, 0.25) is 5.91 Å². The molecule has 2 amide bonds. The van der Waals surface area contributed by atoms with Gasteiger partial charge in [-0.15, -0.1) is 0 Å². The largest absolute Gasteiger partial charge is 0.494 e. The lowest BCUT2D eigenvalue weighted by molar-refractivity contribution is -0.123. The minimum absolute atomic E-state index is 0.000108. The van der Waals surface area contributed by atoms with Gasteiger partial charge in [0, 0.05) is 34.8 Å². The highest BCUT2D eigenvalue weighted by Crippen LogP contribution is 2.45. The summed E-state index contributed by atoms with van der Waals surface area (Å²) in [7, 11) is 1.53. The normalized spacial score (nSPS) is 18.3. The first-order chi connectivity index (χ1) is 20.1. The van der Waals surface area contributed by atoms with Crippen molar-refractivity contribution in [2.45, 2.75) is 44.1 Å². The van der Waals surface area contributed by atoms with Crippen molar-refractivity contribution in [1.29, 1.82) is 0 Å². The number of carbonyl (C=O) groups excluding carboxylic acids is 3. The van der Waals surface area contributed by atoms with Crippen LogP contribution in [0.15, 0.2) is 42.6 Å². The van der Waals surface area contributed by atoms with Gasteiger partial charge in [0.1, 0.15) is 46.8 Å². The quantitative estimate of drug-likeness (QED) is 0.292. The molecule has 42 heavy (non-hydrogen) atoms. The molecule has 2 aliphatic rings. The number of rotatable bonds is 9. The number of nitrogens with zero attached hydrogens (tertiary/aromatic N) is 3. The van der Waals surface area contributed by atoms with Gasteiger partial charge >= 0.3 is 0 Å². The third kappa shape index (κ3) is 4.64. The Hall–Kier alpha value is -4.80. The second-order valence-electron chi connectivity index (χ2n) is 11.1. The molecule has 1 aliphatic heterocycles. The Morgan fingerprint density at radius 1 is 1.29 bits per heavy atom. The molecular weight excluding hydrogens is 541 g/mol. The number of hydrogen-bond acceptors (Lipinski definition) is 7. The molecule has 3 N–H and O–H groups in total. The van der Waals surface area contributed by atoms with Crippen molar-refractivity contribution in [2.24, 2.45) is 5.73 Å². The molecule has 216 valence electrons. The fourth-order valence-electron chi connectivity index (χ4n) is 5.25. The monoisotopic (exact) mass is 571 g/mol. The van der Waals surface area contributed by atoms with E-state index in [0.29, 0.717) is 63.0 Å². The van der Waals surface area contributed by atoms with E-state index in [-0.39, 0.29) is 19.0 Å². The summed E-state index contributed by atoms with van der Waals surface area (Å²) in [6.45, 7) is 3.23. The first kappa shape index (κ1) is 27.4. The fraction of sp³-hybridized carbons (Fsp3) is 0.323. The topological polar surface area (TPSA) is 138 Å². The van der Waals surface area contributed by atoms with Crippen LogP contribution < -0.4 is 20.5 Å². The van der Waals surface area contributed by atoms with Crippen molar-refractivity contribution < 1.29 is 28.2 Å². The van der Waals surface area contributed by atoms with Crippen LogP contribution >= 0.6 is 0 Å². The number of halogens is 1. The summed E-state index contributed by atoms with van der Waals surface area (Å²) in [5.74, 6) is -1.40. The maximum atomic E-state index is 14.1. The molecule has 1 aliphatic carbocycles. The number of aldehydes is 1. The zero-order valence-corrected chi connectivity index (χ0v) is 23.4. The van der Waals surface area contributed by atoms with Gasteiger partial charge in [0.15, 0.2) is 0 Å². The second-order valence-corrected chi connectivity index (χ2v) is 11.1. The van der Waals surface area contributed by atoms with Crippen LogP contribution in [0, 0.1) is 12.7 Å². The van der Waals surface area contributed by atoms with Gasteiger partial charge in [-0.25, -0.2) is 9.37 Å². The van der Waals surface area contributed by atoms with Crippen molar-refractivity contribution >= 4 is 29.0 Å². The SMILES string of the molecule is COc1cc(C(=O)NC[C@@H](C=O)c2cc3c(c(-c4ccc(F)c(C)c4)n2)OC[C@]3(C)C(N)=O)cc2cn(C3CC3)nc12. The van der Waals surface area contributed by atoms with Crippen LogP contribution in [0.3, 0.4) is 0 Å². The molecule has 0 spiro atoms. The summed E-state index contributed by atoms with van der Waals surface area (Å²) in [4.78, 5) is 42.8. The van der Waals surface area contributed by atoms with Crippen LogP contribution in [-0.2, 0) is 15.0 Å². The molecule has 2 atom stereocenters. The Morgan fingerprint density at radius 3 is 2.74 bits per heavy atom. The molecule has 1 saturated carbocycles. The lowest BCUT2D eigenvalue weighted by atomic mass is 9.82. The number of pyridine rings is 1. The minimum Gasteiger partial charge on any atom is -0.494 e. The van der Waals surface area contributed by atoms with E-state index >= 15 is 0 Å². The number of carbonyl (C=O) groups is 3. The van der Waals surface area contributed by atoms with E-state index in [1.54, 1.807) is 44.2 Å². The molecule has 4 aromatic rings. The van der Waals surface area contributed by atoms with Crippen molar-refractivity contribution in [3.8, 4) is 22.8 Å². The molecule has 6 rings (SSSR count). The highest BCUT2D eigenvalue weighted by molar-refractivity contribution is 6.00. The molecular formula is C31H30FN5O5. The average molecular weight is 572 g/mol. The van der Waals surface area contributed by atoms with E-state index < -0.39 is 23.1 Å². The van der Waals surface area contributed by atoms with Crippen LogP contribution in [0.1, 0.15) is 58.9 Å². The van der Waals surface area contributed by atoms with Crippen molar-refractivity contribution in [2.75, 3.05) is 20.3 Å². The number of hydrogen-bond donors (Lipinski definition) is 2. The Bertz CT molecular complexity index is 1760. The number of methoxy groups -OCH3 is 1. The van der Waals surface area contributed by atoms with Crippen LogP contribution in [-0.4, -0.2) is 53.1 Å². The summed E-state index contributed by atoms with van der Waals surface area (Å²) in [6, 6.07) is 9.87. The minimum atomic E-state index is -1.16. The summed E-state index contributed by atoms with van der Waals surface area (Å²) in [6.07, 6.45) is 4.74. The second kappa shape index (κ2) is 10.2. The zero-order chi connectivity index (χ0) is 29.8. The van der Waals surface area contributed by atoms with Crippen LogP contribution in [0.5, 0.6) is 11.5 Å². The molecule has 0 bridgehead atoms. The number of amides is 2. The van der Waals surface area contributed by atoms with E-state index in [1.165, 1.54) is 13.2 Å². The lowest BCUT2D eigenvalue weighted by Gasteiger charge is -2.20. The third-order valence-electron chi connectivity index (χ3n) is 8.09. The highest BCUT2D eigenvalue weighted by atomic mass is 19.1. The van der Waals surface area contributed by atoms with Gasteiger partial charge in [-0.2, -0.15) is 5.10 Å². The molecule has 3 heterocycles.